The number of hydrogen-bond acceptors (Lipinski definition) is 6. The molecule has 0 saturated heterocycles. The summed E-state index contributed by atoms with van der Waals surface area (Å²) in [6.45, 7) is 4.64. The van der Waals surface area contributed by atoms with Crippen LogP contribution in [0.1, 0.15) is 22.3 Å². The van der Waals surface area contributed by atoms with Crippen molar-refractivity contribution in [3.05, 3.63) is 106 Å². The van der Waals surface area contributed by atoms with Gasteiger partial charge in [-0.25, -0.2) is 4.79 Å². The van der Waals surface area contributed by atoms with Gasteiger partial charge in [-0.2, -0.15) is 0 Å². The van der Waals surface area contributed by atoms with Crippen LogP contribution in [0.4, 0.5) is 0 Å². The molecule has 6 nitrogen and oxygen atoms in total. The maximum atomic E-state index is 12.3. The second kappa shape index (κ2) is 9.03. The highest BCUT2D eigenvalue weighted by Crippen LogP contribution is 2.30. The van der Waals surface area contributed by atoms with E-state index < -0.39 is 0 Å². The topological polar surface area (TPSA) is 73.8 Å². The minimum absolute atomic E-state index is 0.338. The Morgan fingerprint density at radius 2 is 1.76 bits per heavy atom. The van der Waals surface area contributed by atoms with Gasteiger partial charge in [0.25, 0.3) is 0 Å². The first-order valence-corrected chi connectivity index (χ1v) is 11.6. The third-order valence-corrected chi connectivity index (χ3v) is 6.73. The van der Waals surface area contributed by atoms with E-state index in [1.165, 1.54) is 0 Å². The monoisotopic (exact) mass is 454 g/mol. The Kier molecular flexibility index (Phi) is 5.79. The van der Waals surface area contributed by atoms with Crippen molar-refractivity contribution in [3.8, 4) is 11.4 Å². The zero-order valence-corrected chi connectivity index (χ0v) is 19.2. The normalized spacial score (nSPS) is 11.2. The zero-order chi connectivity index (χ0) is 22.8. The summed E-state index contributed by atoms with van der Waals surface area (Å²) in [5.74, 6) is 1.36. The van der Waals surface area contributed by atoms with Gasteiger partial charge in [0.05, 0.1) is 6.54 Å². The number of thioether (sulfide) groups is 1. The van der Waals surface area contributed by atoms with E-state index in [0.717, 1.165) is 44.2 Å². The lowest BCUT2D eigenvalue weighted by Crippen LogP contribution is -2.05. The number of rotatable bonds is 6. The van der Waals surface area contributed by atoms with Crippen LogP contribution in [0.2, 0.25) is 0 Å². The standard InChI is InChI=1S/C26H22N4O2S/c1-17-8-9-22-21(14-23(31)32-24(22)18(17)2)16-33-26-29-28-25(20-10-12-27-13-11-20)30(26)15-19-6-4-3-5-7-19/h3-14H,15-16H2,1-2H3. The Labute approximate surface area is 195 Å². The lowest BCUT2D eigenvalue weighted by molar-refractivity contribution is 0.557. The SMILES string of the molecule is Cc1ccc2c(CSc3nnc(-c4ccncc4)n3Cc3ccccc3)cc(=O)oc2c1C. The van der Waals surface area contributed by atoms with Gasteiger partial charge >= 0.3 is 5.63 Å². The average molecular weight is 455 g/mol. The van der Waals surface area contributed by atoms with E-state index in [1.807, 2.05) is 50.2 Å². The Balaban J connectivity index is 1.52. The van der Waals surface area contributed by atoms with Crippen LogP contribution in [0.15, 0.2) is 87.4 Å². The minimum atomic E-state index is -0.338. The summed E-state index contributed by atoms with van der Waals surface area (Å²) >= 11 is 1.56. The fourth-order valence-electron chi connectivity index (χ4n) is 3.80. The van der Waals surface area contributed by atoms with Gasteiger partial charge in [0.2, 0.25) is 0 Å². The molecule has 3 aromatic heterocycles. The fourth-order valence-corrected chi connectivity index (χ4v) is 4.73. The third-order valence-electron chi connectivity index (χ3n) is 5.71. The maximum Gasteiger partial charge on any atom is 0.336 e. The van der Waals surface area contributed by atoms with E-state index >= 15 is 0 Å². The van der Waals surface area contributed by atoms with Gasteiger partial charge in [-0.1, -0.05) is 54.2 Å². The molecule has 0 bridgehead atoms. The second-order valence-electron chi connectivity index (χ2n) is 7.88. The zero-order valence-electron chi connectivity index (χ0n) is 18.4. The van der Waals surface area contributed by atoms with Crippen LogP contribution in [0.5, 0.6) is 0 Å². The van der Waals surface area contributed by atoms with Crippen LogP contribution >= 0.6 is 11.8 Å². The number of hydrogen-bond donors (Lipinski definition) is 0. The number of benzene rings is 2. The molecule has 0 N–H and O–H groups in total. The molecule has 0 fully saturated rings. The second-order valence-corrected chi connectivity index (χ2v) is 8.82. The van der Waals surface area contributed by atoms with E-state index in [4.69, 9.17) is 4.42 Å². The maximum absolute atomic E-state index is 12.3. The summed E-state index contributed by atoms with van der Waals surface area (Å²) in [6.07, 6.45) is 3.51. The lowest BCUT2D eigenvalue weighted by atomic mass is 10.0. The highest BCUT2D eigenvalue weighted by atomic mass is 32.2. The molecule has 33 heavy (non-hydrogen) atoms. The van der Waals surface area contributed by atoms with Crippen LogP contribution < -0.4 is 5.63 Å². The van der Waals surface area contributed by atoms with E-state index in [0.29, 0.717) is 17.9 Å². The number of pyridine rings is 1. The molecule has 0 aliphatic heterocycles. The summed E-state index contributed by atoms with van der Waals surface area (Å²) < 4.78 is 7.64. The predicted molar refractivity (Wildman–Crippen MR) is 130 cm³/mol. The largest absolute Gasteiger partial charge is 0.422 e. The molecule has 164 valence electrons. The van der Waals surface area contributed by atoms with Crippen molar-refractivity contribution in [2.75, 3.05) is 0 Å². The summed E-state index contributed by atoms with van der Waals surface area (Å²) in [5.41, 5.74) is 5.44. The molecular formula is C26H22N4O2S. The smallest absolute Gasteiger partial charge is 0.336 e. The van der Waals surface area contributed by atoms with Crippen LogP contribution in [-0.4, -0.2) is 19.7 Å². The van der Waals surface area contributed by atoms with Crippen LogP contribution in [0.3, 0.4) is 0 Å². The first-order chi connectivity index (χ1) is 16.1. The van der Waals surface area contributed by atoms with E-state index in [-0.39, 0.29) is 5.63 Å². The predicted octanol–water partition coefficient (Wildman–Crippen LogP) is 5.40. The van der Waals surface area contributed by atoms with Crippen molar-refractivity contribution in [2.45, 2.75) is 31.3 Å². The molecule has 3 heterocycles. The van der Waals surface area contributed by atoms with Gasteiger partial charge in [-0.3, -0.25) is 9.55 Å². The highest BCUT2D eigenvalue weighted by molar-refractivity contribution is 7.98. The van der Waals surface area contributed by atoms with Crippen LogP contribution in [0.25, 0.3) is 22.4 Å². The molecule has 0 radical (unpaired) electrons. The molecule has 2 aromatic carbocycles. The third kappa shape index (κ3) is 4.32. The van der Waals surface area contributed by atoms with Gasteiger partial charge in [-0.05, 0) is 48.2 Å². The van der Waals surface area contributed by atoms with E-state index in [9.17, 15) is 4.79 Å². The van der Waals surface area contributed by atoms with Crippen molar-refractivity contribution >= 4 is 22.7 Å². The number of nitrogens with zero attached hydrogens (tertiary/aromatic N) is 4. The van der Waals surface area contributed by atoms with Gasteiger partial charge in [-0.15, -0.1) is 10.2 Å². The quantitative estimate of drug-likeness (QED) is 0.252. The molecule has 5 aromatic rings. The van der Waals surface area contributed by atoms with Crippen molar-refractivity contribution in [1.29, 1.82) is 0 Å². The van der Waals surface area contributed by atoms with Crippen molar-refractivity contribution in [2.24, 2.45) is 0 Å². The van der Waals surface area contributed by atoms with Crippen LogP contribution in [-0.2, 0) is 12.3 Å². The summed E-state index contributed by atoms with van der Waals surface area (Å²) in [5, 5.41) is 10.7. The molecule has 0 unspecified atom stereocenters. The average Bonchev–Trinajstić information content (AvgIpc) is 3.23. The molecule has 5 rings (SSSR count). The van der Waals surface area contributed by atoms with Crippen molar-refractivity contribution in [1.82, 2.24) is 19.7 Å². The van der Waals surface area contributed by atoms with Gasteiger partial charge in [0, 0.05) is 35.2 Å². The number of aromatic nitrogens is 4. The minimum Gasteiger partial charge on any atom is -0.422 e. The molecule has 0 aliphatic rings. The summed E-state index contributed by atoms with van der Waals surface area (Å²) in [7, 11) is 0. The van der Waals surface area contributed by atoms with Crippen molar-refractivity contribution < 1.29 is 4.42 Å². The fraction of sp³-hybridized carbons (Fsp3) is 0.154. The van der Waals surface area contributed by atoms with Crippen LogP contribution in [0, 0.1) is 13.8 Å². The Morgan fingerprint density at radius 3 is 2.55 bits per heavy atom. The van der Waals surface area contributed by atoms with E-state index in [1.54, 1.807) is 30.2 Å². The highest BCUT2D eigenvalue weighted by Gasteiger charge is 2.16. The lowest BCUT2D eigenvalue weighted by Gasteiger charge is -2.11. The Hall–Kier alpha value is -3.71. The number of fused-ring (bicyclic) bond motifs is 1. The summed E-state index contributed by atoms with van der Waals surface area (Å²) in [6, 6.07) is 19.8. The number of aryl methyl sites for hydroxylation is 2. The molecule has 0 saturated carbocycles. The van der Waals surface area contributed by atoms with Gasteiger partial charge in [0.15, 0.2) is 11.0 Å². The first kappa shape index (κ1) is 21.2. The van der Waals surface area contributed by atoms with Gasteiger partial charge in [0.1, 0.15) is 5.58 Å². The Bertz CT molecular complexity index is 1480. The first-order valence-electron chi connectivity index (χ1n) is 10.6. The Morgan fingerprint density at radius 1 is 0.970 bits per heavy atom. The van der Waals surface area contributed by atoms with E-state index in [2.05, 4.69) is 37.9 Å². The summed E-state index contributed by atoms with van der Waals surface area (Å²) in [4.78, 5) is 16.4. The molecule has 0 spiro atoms. The molecule has 0 amide bonds. The van der Waals surface area contributed by atoms with Crippen molar-refractivity contribution in [3.63, 3.8) is 0 Å². The molecular weight excluding hydrogens is 432 g/mol. The van der Waals surface area contributed by atoms with Gasteiger partial charge < -0.3 is 4.42 Å². The molecule has 7 heteroatoms. The molecule has 0 atom stereocenters. The molecule has 0 aliphatic carbocycles.